The van der Waals surface area contributed by atoms with E-state index in [1.54, 1.807) is 9.58 Å². The first kappa shape index (κ1) is 19.2. The summed E-state index contributed by atoms with van der Waals surface area (Å²) in [4.78, 5) is 29.9. The Bertz CT molecular complexity index is 1030. The van der Waals surface area contributed by atoms with Gasteiger partial charge in [-0.15, -0.1) is 0 Å². The van der Waals surface area contributed by atoms with Gasteiger partial charge in [0.1, 0.15) is 0 Å². The Morgan fingerprint density at radius 3 is 2.59 bits per heavy atom. The number of fused-ring (bicyclic) bond motifs is 1. The average molecular weight is 390 g/mol. The number of hydrogen-bond donors (Lipinski definition) is 0. The number of nitrogens with zero attached hydrogens (tertiary/aromatic N) is 4. The number of hydrogen-bond acceptors (Lipinski definition) is 3. The van der Waals surface area contributed by atoms with Crippen molar-refractivity contribution in [3.05, 3.63) is 65.9 Å². The molecule has 150 valence electrons. The Morgan fingerprint density at radius 1 is 1.10 bits per heavy atom. The smallest absolute Gasteiger partial charge is 0.275 e. The summed E-state index contributed by atoms with van der Waals surface area (Å²) in [5, 5.41) is 5.33. The molecule has 29 heavy (non-hydrogen) atoms. The number of carbonyl (C=O) groups excluding carboxylic acids is 2. The molecule has 1 unspecified atom stereocenters. The molecule has 4 rings (SSSR count). The summed E-state index contributed by atoms with van der Waals surface area (Å²) in [6.07, 6.45) is 1.13. The van der Waals surface area contributed by atoms with Crippen molar-refractivity contribution < 1.29 is 9.59 Å². The van der Waals surface area contributed by atoms with Crippen LogP contribution in [0.25, 0.3) is 10.9 Å². The minimum absolute atomic E-state index is 0.0101. The average Bonchev–Trinajstić information content (AvgIpc) is 3.00. The molecule has 0 saturated carbocycles. The van der Waals surface area contributed by atoms with Crippen LogP contribution in [0.5, 0.6) is 0 Å². The zero-order chi connectivity index (χ0) is 20.4. The van der Waals surface area contributed by atoms with E-state index < -0.39 is 0 Å². The predicted octanol–water partition coefficient (Wildman–Crippen LogP) is 3.23. The molecule has 0 bridgehead atoms. The van der Waals surface area contributed by atoms with Gasteiger partial charge in [-0.1, -0.05) is 55.5 Å². The van der Waals surface area contributed by atoms with Gasteiger partial charge in [-0.2, -0.15) is 5.10 Å². The normalized spacial score (nSPS) is 17.6. The molecule has 1 atom stereocenters. The third-order valence-corrected chi connectivity index (χ3v) is 5.70. The highest BCUT2D eigenvalue weighted by molar-refractivity contribution is 6.05. The molecule has 3 aromatic rings. The van der Waals surface area contributed by atoms with Crippen molar-refractivity contribution in [2.45, 2.75) is 32.4 Å². The molecule has 1 aromatic heterocycles. The fraction of sp³-hybridized carbons (Fsp3) is 0.348. The van der Waals surface area contributed by atoms with E-state index in [4.69, 9.17) is 0 Å². The van der Waals surface area contributed by atoms with E-state index in [0.717, 1.165) is 22.9 Å². The zero-order valence-corrected chi connectivity index (χ0v) is 16.9. The number of aryl methyl sites for hydroxylation is 1. The molecule has 0 N–H and O–H groups in total. The molecule has 0 radical (unpaired) electrons. The monoisotopic (exact) mass is 390 g/mol. The molecule has 1 aliphatic rings. The molecule has 1 fully saturated rings. The van der Waals surface area contributed by atoms with Crippen LogP contribution in [-0.2, 0) is 18.4 Å². The highest BCUT2D eigenvalue weighted by Gasteiger charge is 2.32. The van der Waals surface area contributed by atoms with Crippen molar-refractivity contribution in [3.8, 4) is 0 Å². The molecular formula is C23H26N4O2. The Morgan fingerprint density at radius 2 is 1.83 bits per heavy atom. The lowest BCUT2D eigenvalue weighted by Gasteiger charge is -2.31. The third kappa shape index (κ3) is 3.75. The van der Waals surface area contributed by atoms with Crippen molar-refractivity contribution in [1.29, 1.82) is 0 Å². The first-order chi connectivity index (χ1) is 14.1. The SMILES string of the molecule is CCC1CN(C(=O)c2nn(C)c3ccccc23)CCC(=O)N1Cc1ccccc1. The minimum Gasteiger partial charge on any atom is -0.335 e. The number of rotatable bonds is 4. The first-order valence-electron chi connectivity index (χ1n) is 10.1. The van der Waals surface area contributed by atoms with E-state index in [1.807, 2.05) is 66.5 Å². The van der Waals surface area contributed by atoms with Crippen molar-refractivity contribution in [3.63, 3.8) is 0 Å². The van der Waals surface area contributed by atoms with Gasteiger partial charge >= 0.3 is 0 Å². The molecule has 6 nitrogen and oxygen atoms in total. The Hall–Kier alpha value is -3.15. The van der Waals surface area contributed by atoms with Gasteiger partial charge in [0, 0.05) is 44.5 Å². The molecule has 6 heteroatoms. The van der Waals surface area contributed by atoms with E-state index in [1.165, 1.54) is 0 Å². The summed E-state index contributed by atoms with van der Waals surface area (Å²) in [6.45, 7) is 3.59. The number of para-hydroxylation sites is 1. The van der Waals surface area contributed by atoms with Crippen molar-refractivity contribution in [2.75, 3.05) is 13.1 Å². The van der Waals surface area contributed by atoms with Crippen molar-refractivity contribution in [2.24, 2.45) is 7.05 Å². The summed E-state index contributed by atoms with van der Waals surface area (Å²) in [5.41, 5.74) is 2.50. The minimum atomic E-state index is -0.102. The largest absolute Gasteiger partial charge is 0.335 e. The van der Waals surface area contributed by atoms with Gasteiger partial charge in [0.25, 0.3) is 5.91 Å². The van der Waals surface area contributed by atoms with E-state index in [2.05, 4.69) is 12.0 Å². The Labute approximate surface area is 170 Å². The summed E-state index contributed by atoms with van der Waals surface area (Å²) in [7, 11) is 1.85. The van der Waals surface area contributed by atoms with Crippen LogP contribution in [0.4, 0.5) is 0 Å². The second-order valence-corrected chi connectivity index (χ2v) is 7.56. The summed E-state index contributed by atoms with van der Waals surface area (Å²) < 4.78 is 1.74. The van der Waals surface area contributed by atoms with E-state index >= 15 is 0 Å². The van der Waals surface area contributed by atoms with E-state index in [9.17, 15) is 9.59 Å². The lowest BCUT2D eigenvalue weighted by Crippen LogP contribution is -2.43. The maximum absolute atomic E-state index is 13.3. The summed E-state index contributed by atoms with van der Waals surface area (Å²) >= 11 is 0. The molecule has 2 heterocycles. The second-order valence-electron chi connectivity index (χ2n) is 7.56. The molecule has 0 aliphatic carbocycles. The zero-order valence-electron chi connectivity index (χ0n) is 16.9. The van der Waals surface area contributed by atoms with Crippen LogP contribution in [0, 0.1) is 0 Å². The number of aromatic nitrogens is 2. The van der Waals surface area contributed by atoms with Gasteiger partial charge in [-0.25, -0.2) is 0 Å². The molecule has 1 aliphatic heterocycles. The topological polar surface area (TPSA) is 58.4 Å². The fourth-order valence-corrected chi connectivity index (χ4v) is 4.07. The van der Waals surface area contributed by atoms with Gasteiger partial charge in [-0.05, 0) is 18.1 Å². The fourth-order valence-electron chi connectivity index (χ4n) is 4.07. The number of carbonyl (C=O) groups is 2. The standard InChI is InChI=1S/C23H26N4O2/c1-3-18-16-26(14-13-21(28)27(18)15-17-9-5-4-6-10-17)23(29)22-19-11-7-8-12-20(19)25(2)24-22/h4-12,18H,3,13-16H2,1-2H3. The molecular weight excluding hydrogens is 364 g/mol. The van der Waals surface area contributed by atoms with Gasteiger partial charge in [0.05, 0.1) is 5.52 Å². The van der Waals surface area contributed by atoms with Gasteiger partial charge in [-0.3, -0.25) is 14.3 Å². The lowest BCUT2D eigenvalue weighted by atomic mass is 10.1. The molecule has 1 saturated heterocycles. The van der Waals surface area contributed by atoms with E-state index in [0.29, 0.717) is 31.7 Å². The van der Waals surface area contributed by atoms with Crippen LogP contribution in [0.1, 0.15) is 35.8 Å². The quantitative estimate of drug-likeness (QED) is 0.687. The molecule has 2 amide bonds. The number of benzene rings is 2. The van der Waals surface area contributed by atoms with E-state index in [-0.39, 0.29) is 17.9 Å². The van der Waals surface area contributed by atoms with Crippen LogP contribution in [0.2, 0.25) is 0 Å². The maximum atomic E-state index is 13.3. The first-order valence-corrected chi connectivity index (χ1v) is 10.1. The Kier molecular flexibility index (Phi) is 5.34. The van der Waals surface area contributed by atoms with Gasteiger partial charge in [0.15, 0.2) is 5.69 Å². The van der Waals surface area contributed by atoms with Crippen LogP contribution in [0.3, 0.4) is 0 Å². The van der Waals surface area contributed by atoms with Gasteiger partial charge < -0.3 is 9.80 Å². The van der Waals surface area contributed by atoms with Crippen LogP contribution in [0.15, 0.2) is 54.6 Å². The summed E-state index contributed by atoms with van der Waals surface area (Å²) in [6, 6.07) is 17.8. The second kappa shape index (κ2) is 8.07. The third-order valence-electron chi connectivity index (χ3n) is 5.70. The summed E-state index contributed by atoms with van der Waals surface area (Å²) in [5.74, 6) is -0.00325. The van der Waals surface area contributed by atoms with Crippen LogP contribution < -0.4 is 0 Å². The van der Waals surface area contributed by atoms with Crippen molar-refractivity contribution in [1.82, 2.24) is 19.6 Å². The van der Waals surface area contributed by atoms with Crippen molar-refractivity contribution >= 4 is 22.7 Å². The lowest BCUT2D eigenvalue weighted by molar-refractivity contribution is -0.133. The maximum Gasteiger partial charge on any atom is 0.275 e. The van der Waals surface area contributed by atoms with Gasteiger partial charge in [0.2, 0.25) is 5.91 Å². The van der Waals surface area contributed by atoms with Crippen LogP contribution in [-0.4, -0.2) is 50.5 Å². The number of amides is 2. The Balaban J connectivity index is 1.59. The molecule has 0 spiro atoms. The predicted molar refractivity (Wildman–Crippen MR) is 112 cm³/mol. The molecule has 2 aromatic carbocycles. The highest BCUT2D eigenvalue weighted by Crippen LogP contribution is 2.22. The highest BCUT2D eigenvalue weighted by atomic mass is 16.2. The van der Waals surface area contributed by atoms with Crippen LogP contribution >= 0.6 is 0 Å².